The van der Waals surface area contributed by atoms with E-state index in [1.807, 2.05) is 24.5 Å². The van der Waals surface area contributed by atoms with Crippen molar-refractivity contribution in [2.45, 2.75) is 43.3 Å². The number of carbonyl (C=O) groups excluding carboxylic acids is 1. The van der Waals surface area contributed by atoms with Crippen LogP contribution in [0, 0.1) is 0 Å². The predicted octanol–water partition coefficient (Wildman–Crippen LogP) is 3.89. The fraction of sp³-hybridized carbons (Fsp3) is 0.474. The van der Waals surface area contributed by atoms with Gasteiger partial charge in [0.1, 0.15) is 13.2 Å². The summed E-state index contributed by atoms with van der Waals surface area (Å²) in [5.41, 5.74) is 0.718. The number of carbonyl (C=O) groups is 1. The van der Waals surface area contributed by atoms with Gasteiger partial charge in [0.25, 0.3) is 0 Å². The quantitative estimate of drug-likeness (QED) is 0.806. The lowest BCUT2D eigenvalue weighted by Gasteiger charge is -2.24. The molecule has 0 bridgehead atoms. The maximum absolute atomic E-state index is 12.3. The van der Waals surface area contributed by atoms with Gasteiger partial charge >= 0.3 is 0 Å². The van der Waals surface area contributed by atoms with Gasteiger partial charge in [0.2, 0.25) is 5.91 Å². The number of hydrogen-bond acceptors (Lipinski definition) is 5. The summed E-state index contributed by atoms with van der Waals surface area (Å²) in [6.07, 6.45) is 10.1. The van der Waals surface area contributed by atoms with Gasteiger partial charge in [-0.05, 0) is 25.0 Å². The number of ether oxygens (including phenoxy) is 2. The van der Waals surface area contributed by atoms with Gasteiger partial charge in [-0.3, -0.25) is 4.79 Å². The second-order valence-electron chi connectivity index (χ2n) is 6.60. The van der Waals surface area contributed by atoms with Crippen LogP contribution in [0.2, 0.25) is 0 Å². The molecule has 26 heavy (non-hydrogen) atoms. The number of amides is 1. The summed E-state index contributed by atoms with van der Waals surface area (Å²) in [5.74, 6) is 1.68. The normalized spacial score (nSPS) is 17.1. The second-order valence-corrected chi connectivity index (χ2v) is 7.55. The molecule has 138 valence electrons. The van der Waals surface area contributed by atoms with Crippen LogP contribution in [0.25, 0.3) is 0 Å². The van der Waals surface area contributed by atoms with E-state index in [-0.39, 0.29) is 5.91 Å². The van der Waals surface area contributed by atoms with E-state index in [1.54, 1.807) is 6.07 Å². The number of imidazole rings is 1. The first-order valence-corrected chi connectivity index (χ1v) is 10.1. The smallest absolute Gasteiger partial charge is 0.234 e. The Morgan fingerprint density at radius 2 is 2.00 bits per heavy atom. The van der Waals surface area contributed by atoms with Crippen LogP contribution in [0.3, 0.4) is 0 Å². The number of thioether (sulfide) groups is 1. The highest BCUT2D eigenvalue weighted by Crippen LogP contribution is 2.33. The minimum atomic E-state index is -0.0510. The number of aromatic nitrogens is 2. The Morgan fingerprint density at radius 3 is 2.85 bits per heavy atom. The third-order valence-electron chi connectivity index (χ3n) is 4.76. The molecule has 0 radical (unpaired) electrons. The molecule has 0 saturated heterocycles. The third-order valence-corrected chi connectivity index (χ3v) is 5.74. The Labute approximate surface area is 157 Å². The topological polar surface area (TPSA) is 65.4 Å². The molecule has 1 aromatic heterocycles. The van der Waals surface area contributed by atoms with Gasteiger partial charge in [0, 0.05) is 30.2 Å². The zero-order valence-electron chi connectivity index (χ0n) is 14.6. The van der Waals surface area contributed by atoms with Crippen molar-refractivity contribution in [3.05, 3.63) is 30.6 Å². The summed E-state index contributed by atoms with van der Waals surface area (Å²) in [4.78, 5) is 16.8. The first-order chi connectivity index (χ1) is 12.8. The number of rotatable bonds is 5. The maximum atomic E-state index is 12.3. The molecule has 1 aliphatic heterocycles. The van der Waals surface area contributed by atoms with Gasteiger partial charge in [0.05, 0.1) is 5.75 Å². The van der Waals surface area contributed by atoms with Gasteiger partial charge in [-0.25, -0.2) is 4.98 Å². The van der Waals surface area contributed by atoms with E-state index < -0.39 is 0 Å². The minimum absolute atomic E-state index is 0.0510. The highest BCUT2D eigenvalue weighted by atomic mass is 32.2. The Kier molecular flexibility index (Phi) is 5.34. The maximum Gasteiger partial charge on any atom is 0.234 e. The summed E-state index contributed by atoms with van der Waals surface area (Å²) in [7, 11) is 0. The molecule has 1 amide bonds. The van der Waals surface area contributed by atoms with E-state index in [4.69, 9.17) is 9.47 Å². The molecule has 1 N–H and O–H groups in total. The SMILES string of the molecule is O=C(CSc1nccn1C1CCCCC1)Nc1ccc2c(c1)OCCO2. The van der Waals surface area contributed by atoms with Crippen molar-refractivity contribution in [3.8, 4) is 11.5 Å². The molecular weight excluding hydrogens is 350 g/mol. The summed E-state index contributed by atoms with van der Waals surface area (Å²) >= 11 is 1.49. The van der Waals surface area contributed by atoms with Crippen LogP contribution in [0.15, 0.2) is 35.7 Å². The number of nitrogens with zero attached hydrogens (tertiary/aromatic N) is 2. The van der Waals surface area contributed by atoms with Crippen molar-refractivity contribution in [1.29, 1.82) is 0 Å². The number of nitrogens with one attached hydrogen (secondary N) is 1. The highest BCUT2D eigenvalue weighted by Gasteiger charge is 2.19. The van der Waals surface area contributed by atoms with E-state index in [2.05, 4.69) is 14.9 Å². The third kappa shape index (κ3) is 3.98. The molecule has 0 unspecified atom stereocenters. The minimum Gasteiger partial charge on any atom is -0.486 e. The van der Waals surface area contributed by atoms with E-state index in [9.17, 15) is 4.79 Å². The highest BCUT2D eigenvalue weighted by molar-refractivity contribution is 7.99. The molecular formula is C19H23N3O3S. The second kappa shape index (κ2) is 8.03. The molecule has 2 aliphatic rings. The fourth-order valence-corrected chi connectivity index (χ4v) is 4.32. The molecule has 1 aliphatic carbocycles. The first-order valence-electron chi connectivity index (χ1n) is 9.15. The van der Waals surface area contributed by atoms with Gasteiger partial charge in [-0.1, -0.05) is 31.0 Å². The van der Waals surface area contributed by atoms with E-state index in [0.29, 0.717) is 30.8 Å². The Bertz CT molecular complexity index is 771. The summed E-state index contributed by atoms with van der Waals surface area (Å²) in [6, 6.07) is 5.99. The summed E-state index contributed by atoms with van der Waals surface area (Å²) < 4.78 is 13.3. The lowest BCUT2D eigenvalue weighted by molar-refractivity contribution is -0.113. The van der Waals surface area contributed by atoms with Crippen LogP contribution in [0.4, 0.5) is 5.69 Å². The number of fused-ring (bicyclic) bond motifs is 1. The van der Waals surface area contributed by atoms with Gasteiger partial charge in [0.15, 0.2) is 16.7 Å². The molecule has 1 fully saturated rings. The Morgan fingerprint density at radius 1 is 1.19 bits per heavy atom. The monoisotopic (exact) mass is 373 g/mol. The molecule has 0 spiro atoms. The molecule has 2 aromatic rings. The molecule has 2 heterocycles. The van der Waals surface area contributed by atoms with Gasteiger partial charge < -0.3 is 19.4 Å². The molecule has 0 atom stereocenters. The molecule has 6 nitrogen and oxygen atoms in total. The van der Waals surface area contributed by atoms with Crippen molar-refractivity contribution in [3.63, 3.8) is 0 Å². The average molecular weight is 373 g/mol. The van der Waals surface area contributed by atoms with Crippen molar-refractivity contribution in [2.75, 3.05) is 24.3 Å². The van der Waals surface area contributed by atoms with Crippen molar-refractivity contribution in [2.24, 2.45) is 0 Å². The van der Waals surface area contributed by atoms with Crippen molar-refractivity contribution >= 4 is 23.4 Å². The molecule has 1 saturated carbocycles. The van der Waals surface area contributed by atoms with Crippen molar-refractivity contribution < 1.29 is 14.3 Å². The van der Waals surface area contributed by atoms with Crippen LogP contribution < -0.4 is 14.8 Å². The zero-order valence-corrected chi connectivity index (χ0v) is 15.5. The van der Waals surface area contributed by atoms with Crippen molar-refractivity contribution in [1.82, 2.24) is 9.55 Å². The lowest BCUT2D eigenvalue weighted by Crippen LogP contribution is -2.18. The first kappa shape index (κ1) is 17.3. The lowest BCUT2D eigenvalue weighted by atomic mass is 9.95. The van der Waals surface area contributed by atoms with E-state index in [0.717, 1.165) is 16.6 Å². The van der Waals surface area contributed by atoms with E-state index >= 15 is 0 Å². The largest absolute Gasteiger partial charge is 0.486 e. The number of benzene rings is 1. The fourth-order valence-electron chi connectivity index (χ4n) is 3.50. The molecule has 7 heteroatoms. The van der Waals surface area contributed by atoms with E-state index in [1.165, 1.54) is 43.9 Å². The van der Waals surface area contributed by atoms with Crippen LogP contribution in [0.1, 0.15) is 38.1 Å². The van der Waals surface area contributed by atoms with Gasteiger partial charge in [-0.15, -0.1) is 0 Å². The Hall–Kier alpha value is -2.15. The number of hydrogen-bond donors (Lipinski definition) is 1. The summed E-state index contributed by atoms with van der Waals surface area (Å²) in [5, 5.41) is 3.85. The van der Waals surface area contributed by atoms with Crippen LogP contribution in [0.5, 0.6) is 11.5 Å². The van der Waals surface area contributed by atoms with Gasteiger partial charge in [-0.2, -0.15) is 0 Å². The predicted molar refractivity (Wildman–Crippen MR) is 101 cm³/mol. The molecule has 4 rings (SSSR count). The van der Waals surface area contributed by atoms with Crippen LogP contribution in [-0.4, -0.2) is 34.4 Å². The van der Waals surface area contributed by atoms with Crippen LogP contribution >= 0.6 is 11.8 Å². The Balaban J connectivity index is 1.34. The molecule has 1 aromatic carbocycles. The number of anilines is 1. The summed E-state index contributed by atoms with van der Waals surface area (Å²) in [6.45, 7) is 1.09. The average Bonchev–Trinajstić information content (AvgIpc) is 3.16. The zero-order chi connectivity index (χ0) is 17.8. The van der Waals surface area contributed by atoms with Crippen LogP contribution in [-0.2, 0) is 4.79 Å². The standard InChI is InChI=1S/C19H23N3O3S/c23-18(21-14-6-7-16-17(12-14)25-11-10-24-16)13-26-19-20-8-9-22(19)15-4-2-1-3-5-15/h6-9,12,15H,1-5,10-11,13H2,(H,21,23).